The van der Waals surface area contributed by atoms with Gasteiger partial charge in [0.05, 0.1) is 16.3 Å². The van der Waals surface area contributed by atoms with Gasteiger partial charge < -0.3 is 0 Å². The maximum Gasteiger partial charge on any atom is 0.285 e. The number of anilines is 1. The average molecular weight is 433 g/mol. The van der Waals surface area contributed by atoms with E-state index in [0.717, 1.165) is 35.9 Å². The van der Waals surface area contributed by atoms with Crippen LogP contribution < -0.4 is 5.32 Å². The third-order valence-corrected chi connectivity index (χ3v) is 6.21. The van der Waals surface area contributed by atoms with Gasteiger partial charge in [-0.1, -0.05) is 54.3 Å². The molecule has 3 aromatic rings. The largest absolute Gasteiger partial charge is 0.293 e. The van der Waals surface area contributed by atoms with Crippen LogP contribution in [0.3, 0.4) is 0 Å². The summed E-state index contributed by atoms with van der Waals surface area (Å²) in [6.07, 6.45) is 3.15. The lowest BCUT2D eigenvalue weighted by atomic mass is 9.98. The number of nitrogens with one attached hydrogen (secondary N) is 1. The van der Waals surface area contributed by atoms with Crippen molar-refractivity contribution < 1.29 is 13.6 Å². The van der Waals surface area contributed by atoms with Crippen LogP contribution in [0.2, 0.25) is 0 Å². The first-order valence-electron chi connectivity index (χ1n) is 9.14. The first-order valence-corrected chi connectivity index (χ1v) is 10.9. The summed E-state index contributed by atoms with van der Waals surface area (Å²) in [5.74, 6) is -2.06. The maximum absolute atomic E-state index is 14.1. The SMILES string of the molecule is CCSC(=O)Nc1nc2c(s1)-c1nc(-c3ccccc3C(C)(F)F)ncc1CC2. The van der Waals surface area contributed by atoms with Crippen molar-refractivity contribution in [1.29, 1.82) is 0 Å². The molecule has 0 unspecified atom stereocenters. The summed E-state index contributed by atoms with van der Waals surface area (Å²) in [5.41, 5.74) is 2.72. The highest BCUT2D eigenvalue weighted by Crippen LogP contribution is 2.40. The van der Waals surface area contributed by atoms with Crippen molar-refractivity contribution >= 4 is 33.5 Å². The van der Waals surface area contributed by atoms with Crippen LogP contribution in [0.1, 0.15) is 30.7 Å². The number of carbonyl (C=O) groups excluding carboxylic acids is 1. The normalized spacial score (nSPS) is 13.0. The highest BCUT2D eigenvalue weighted by atomic mass is 32.2. The molecule has 0 spiro atoms. The van der Waals surface area contributed by atoms with E-state index in [2.05, 4.69) is 20.3 Å². The minimum atomic E-state index is -3.00. The Morgan fingerprint density at radius 2 is 2.07 bits per heavy atom. The summed E-state index contributed by atoms with van der Waals surface area (Å²) in [7, 11) is 0. The lowest BCUT2D eigenvalue weighted by Gasteiger charge is -2.17. The van der Waals surface area contributed by atoms with Crippen LogP contribution in [-0.4, -0.2) is 25.9 Å². The molecule has 2 heterocycles. The maximum atomic E-state index is 14.1. The van der Waals surface area contributed by atoms with Crippen LogP contribution in [0.4, 0.5) is 18.7 Å². The van der Waals surface area contributed by atoms with Gasteiger partial charge in [-0.25, -0.2) is 23.7 Å². The number of hydrogen-bond acceptors (Lipinski definition) is 6. The molecule has 1 N–H and O–H groups in total. The Labute approximate surface area is 175 Å². The monoisotopic (exact) mass is 432 g/mol. The Balaban J connectivity index is 1.75. The second kappa shape index (κ2) is 7.79. The number of nitrogens with zero attached hydrogens (tertiary/aromatic N) is 3. The number of alkyl halides is 2. The van der Waals surface area contributed by atoms with Crippen LogP contribution in [0, 0.1) is 0 Å². The minimum Gasteiger partial charge on any atom is -0.293 e. The number of aromatic nitrogens is 3. The zero-order valence-electron chi connectivity index (χ0n) is 15.8. The number of halogens is 2. The summed E-state index contributed by atoms with van der Waals surface area (Å²) in [5, 5.41) is 3.17. The molecule has 2 aromatic heterocycles. The van der Waals surface area contributed by atoms with Gasteiger partial charge in [0.1, 0.15) is 0 Å². The van der Waals surface area contributed by atoms with E-state index in [4.69, 9.17) is 0 Å². The van der Waals surface area contributed by atoms with Crippen LogP contribution in [0.25, 0.3) is 22.0 Å². The number of hydrogen-bond donors (Lipinski definition) is 1. The van der Waals surface area contributed by atoms with Gasteiger partial charge in [0, 0.05) is 24.2 Å². The standard InChI is InChI=1S/C20H18F2N4OS2/c1-3-28-19(27)26-18-24-14-9-8-11-10-23-17(25-15(11)16(14)29-18)12-6-4-5-7-13(12)20(2,21)22/h4-7,10H,3,8-9H2,1-2H3,(H,24,26,27). The average Bonchev–Trinajstić information content (AvgIpc) is 3.10. The number of carbonyl (C=O) groups is 1. The molecule has 5 nitrogen and oxygen atoms in total. The summed E-state index contributed by atoms with van der Waals surface area (Å²) in [4.78, 5) is 26.2. The number of thiazole rings is 1. The fourth-order valence-corrected chi connectivity index (χ4v) is 4.77. The number of amides is 1. The predicted octanol–water partition coefficient (Wildman–Crippen LogP) is 5.76. The van der Waals surface area contributed by atoms with Crippen molar-refractivity contribution in [3.63, 3.8) is 0 Å². The third-order valence-electron chi connectivity index (χ3n) is 4.53. The summed E-state index contributed by atoms with van der Waals surface area (Å²) < 4.78 is 28.1. The van der Waals surface area contributed by atoms with E-state index in [1.165, 1.54) is 29.2 Å². The van der Waals surface area contributed by atoms with Gasteiger partial charge in [-0.05, 0) is 24.2 Å². The Morgan fingerprint density at radius 1 is 1.28 bits per heavy atom. The fraction of sp³-hybridized carbons (Fsp3) is 0.300. The second-order valence-corrected chi connectivity index (χ2v) is 8.88. The molecule has 150 valence electrons. The molecule has 1 aliphatic rings. The van der Waals surface area contributed by atoms with E-state index in [1.807, 2.05) is 6.92 Å². The molecule has 0 atom stereocenters. The molecule has 0 saturated heterocycles. The molecule has 1 aliphatic carbocycles. The summed E-state index contributed by atoms with van der Waals surface area (Å²) in [6, 6.07) is 6.29. The summed E-state index contributed by atoms with van der Waals surface area (Å²) in [6.45, 7) is 2.78. The second-order valence-electron chi connectivity index (χ2n) is 6.64. The van der Waals surface area contributed by atoms with Gasteiger partial charge >= 0.3 is 0 Å². The summed E-state index contributed by atoms with van der Waals surface area (Å²) >= 11 is 2.53. The Bertz CT molecular complexity index is 1080. The number of benzene rings is 1. The molecule has 0 bridgehead atoms. The molecule has 9 heteroatoms. The van der Waals surface area contributed by atoms with Gasteiger partial charge in [0.25, 0.3) is 11.2 Å². The van der Waals surface area contributed by atoms with Gasteiger partial charge in [-0.15, -0.1) is 0 Å². The zero-order chi connectivity index (χ0) is 20.6. The molecular formula is C20H18F2N4OS2. The quantitative estimate of drug-likeness (QED) is 0.567. The first kappa shape index (κ1) is 19.9. The van der Waals surface area contributed by atoms with E-state index in [1.54, 1.807) is 24.4 Å². The first-order chi connectivity index (χ1) is 13.9. The lowest BCUT2D eigenvalue weighted by molar-refractivity contribution is 0.0180. The fourth-order valence-electron chi connectivity index (χ4n) is 3.24. The molecule has 0 saturated carbocycles. The molecule has 4 rings (SSSR count). The molecular weight excluding hydrogens is 414 g/mol. The predicted molar refractivity (Wildman–Crippen MR) is 113 cm³/mol. The van der Waals surface area contributed by atoms with E-state index >= 15 is 0 Å². The zero-order valence-corrected chi connectivity index (χ0v) is 17.5. The smallest absolute Gasteiger partial charge is 0.285 e. The van der Waals surface area contributed by atoms with Gasteiger partial charge in [0.15, 0.2) is 11.0 Å². The molecule has 1 amide bonds. The van der Waals surface area contributed by atoms with Crippen LogP contribution in [0.15, 0.2) is 30.5 Å². The highest BCUT2D eigenvalue weighted by molar-refractivity contribution is 8.13. The lowest BCUT2D eigenvalue weighted by Crippen LogP contribution is -2.11. The van der Waals surface area contributed by atoms with Gasteiger partial charge in [-0.3, -0.25) is 10.1 Å². The number of thioether (sulfide) groups is 1. The minimum absolute atomic E-state index is 0.107. The number of aryl methyl sites for hydroxylation is 2. The van der Waals surface area contributed by atoms with Crippen molar-refractivity contribution in [3.05, 3.63) is 47.3 Å². The molecule has 29 heavy (non-hydrogen) atoms. The molecule has 1 aromatic carbocycles. The van der Waals surface area contributed by atoms with Crippen molar-refractivity contribution in [1.82, 2.24) is 15.0 Å². The van der Waals surface area contributed by atoms with Crippen LogP contribution in [-0.2, 0) is 18.8 Å². The van der Waals surface area contributed by atoms with Crippen molar-refractivity contribution in [2.45, 2.75) is 32.6 Å². The van der Waals surface area contributed by atoms with E-state index < -0.39 is 5.92 Å². The molecule has 0 aliphatic heterocycles. The number of rotatable bonds is 4. The number of fused-ring (bicyclic) bond motifs is 3. The Morgan fingerprint density at radius 3 is 2.83 bits per heavy atom. The molecule has 0 fully saturated rings. The van der Waals surface area contributed by atoms with Crippen LogP contribution >= 0.6 is 23.1 Å². The van der Waals surface area contributed by atoms with Crippen molar-refractivity contribution in [2.24, 2.45) is 0 Å². The van der Waals surface area contributed by atoms with Gasteiger partial charge in [-0.2, -0.15) is 0 Å². The highest BCUT2D eigenvalue weighted by Gasteiger charge is 2.30. The van der Waals surface area contributed by atoms with E-state index in [-0.39, 0.29) is 16.6 Å². The Hall–Kier alpha value is -2.39. The van der Waals surface area contributed by atoms with E-state index in [9.17, 15) is 13.6 Å². The van der Waals surface area contributed by atoms with Crippen LogP contribution in [0.5, 0.6) is 0 Å². The van der Waals surface area contributed by atoms with E-state index in [0.29, 0.717) is 22.1 Å². The third kappa shape index (κ3) is 4.02. The van der Waals surface area contributed by atoms with Gasteiger partial charge in [0.2, 0.25) is 0 Å². The van der Waals surface area contributed by atoms with Crippen molar-refractivity contribution in [2.75, 3.05) is 11.1 Å². The topological polar surface area (TPSA) is 67.8 Å². The van der Waals surface area contributed by atoms with Crippen molar-refractivity contribution in [3.8, 4) is 22.0 Å². The molecule has 0 radical (unpaired) electrons. The Kier molecular flexibility index (Phi) is 5.35.